The number of amides is 1. The predicted octanol–water partition coefficient (Wildman–Crippen LogP) is 0.747. The number of hydrogen-bond donors (Lipinski definition) is 2. The highest BCUT2D eigenvalue weighted by molar-refractivity contribution is 5.94. The van der Waals surface area contributed by atoms with Crippen molar-refractivity contribution in [3.63, 3.8) is 0 Å². The number of nitrogens with one attached hydrogen (secondary N) is 2. The summed E-state index contributed by atoms with van der Waals surface area (Å²) in [6.45, 7) is 2.93. The number of fused-ring (bicyclic) bond motifs is 1. The van der Waals surface area contributed by atoms with Gasteiger partial charge in [0.1, 0.15) is 5.82 Å². The number of halogens is 1. The van der Waals surface area contributed by atoms with Crippen molar-refractivity contribution >= 4 is 16.9 Å². The van der Waals surface area contributed by atoms with Crippen molar-refractivity contribution in [3.8, 4) is 0 Å². The first-order valence-electron chi connectivity index (χ1n) is 5.89. The first-order valence-corrected chi connectivity index (χ1v) is 5.89. The Morgan fingerprint density at radius 3 is 2.89 bits per heavy atom. The summed E-state index contributed by atoms with van der Waals surface area (Å²) in [6, 6.07) is 4.24. The standard InChI is InChI=1S/C12H13FN4O/c13-8-1-2-9-10(7-8)16-11(15-9)12(18)17-5-3-14-4-6-17/h1-2,7,14H,3-6H2,(H,15,16). The first-order chi connectivity index (χ1) is 8.74. The van der Waals surface area contributed by atoms with Gasteiger partial charge in [0.15, 0.2) is 5.82 Å². The maximum absolute atomic E-state index is 13.1. The molecular weight excluding hydrogens is 235 g/mol. The van der Waals surface area contributed by atoms with Gasteiger partial charge in [0.2, 0.25) is 0 Å². The Hall–Kier alpha value is -1.95. The number of piperazine rings is 1. The van der Waals surface area contributed by atoms with Crippen LogP contribution in [-0.2, 0) is 0 Å². The molecule has 1 fully saturated rings. The molecule has 2 heterocycles. The van der Waals surface area contributed by atoms with Crippen LogP contribution in [0.2, 0.25) is 0 Å². The van der Waals surface area contributed by atoms with Crippen molar-refractivity contribution in [2.45, 2.75) is 0 Å². The molecule has 1 saturated heterocycles. The van der Waals surface area contributed by atoms with E-state index in [1.807, 2.05) is 0 Å². The van der Waals surface area contributed by atoms with Crippen molar-refractivity contribution in [2.24, 2.45) is 0 Å². The fourth-order valence-corrected chi connectivity index (χ4v) is 2.10. The number of benzene rings is 1. The van der Waals surface area contributed by atoms with Crippen LogP contribution >= 0.6 is 0 Å². The van der Waals surface area contributed by atoms with Gasteiger partial charge in [-0.1, -0.05) is 0 Å². The molecule has 0 bridgehead atoms. The zero-order valence-corrected chi connectivity index (χ0v) is 9.74. The van der Waals surface area contributed by atoms with Crippen molar-refractivity contribution in [1.29, 1.82) is 0 Å². The van der Waals surface area contributed by atoms with Crippen LogP contribution in [0.3, 0.4) is 0 Å². The molecule has 6 heteroatoms. The van der Waals surface area contributed by atoms with Crippen LogP contribution in [0.15, 0.2) is 18.2 Å². The third kappa shape index (κ3) is 1.95. The number of nitrogens with zero attached hydrogens (tertiary/aromatic N) is 2. The van der Waals surface area contributed by atoms with E-state index in [1.54, 1.807) is 11.0 Å². The Labute approximate surface area is 103 Å². The van der Waals surface area contributed by atoms with Gasteiger partial charge in [-0.2, -0.15) is 0 Å². The molecule has 5 nitrogen and oxygen atoms in total. The van der Waals surface area contributed by atoms with E-state index in [1.165, 1.54) is 12.1 Å². The number of aromatic nitrogens is 2. The van der Waals surface area contributed by atoms with Crippen LogP contribution in [0.25, 0.3) is 11.0 Å². The molecule has 0 atom stereocenters. The average molecular weight is 248 g/mol. The Balaban J connectivity index is 1.91. The quantitative estimate of drug-likeness (QED) is 0.782. The van der Waals surface area contributed by atoms with Crippen LogP contribution < -0.4 is 5.32 Å². The molecule has 0 radical (unpaired) electrons. The number of carbonyl (C=O) groups excluding carboxylic acids is 1. The van der Waals surface area contributed by atoms with Gasteiger partial charge >= 0.3 is 0 Å². The maximum atomic E-state index is 13.1. The number of rotatable bonds is 1. The number of carbonyl (C=O) groups is 1. The molecule has 1 aromatic heterocycles. The van der Waals surface area contributed by atoms with Crippen LogP contribution in [0.5, 0.6) is 0 Å². The van der Waals surface area contributed by atoms with E-state index in [0.29, 0.717) is 24.1 Å². The minimum Gasteiger partial charge on any atom is -0.334 e. The van der Waals surface area contributed by atoms with Crippen molar-refractivity contribution in [2.75, 3.05) is 26.2 Å². The lowest BCUT2D eigenvalue weighted by atomic mass is 10.3. The Morgan fingerprint density at radius 2 is 2.11 bits per heavy atom. The lowest BCUT2D eigenvalue weighted by Crippen LogP contribution is -2.46. The molecule has 18 heavy (non-hydrogen) atoms. The van der Waals surface area contributed by atoms with Crippen LogP contribution in [-0.4, -0.2) is 47.0 Å². The molecule has 2 N–H and O–H groups in total. The summed E-state index contributed by atoms with van der Waals surface area (Å²) in [6.07, 6.45) is 0. The molecule has 1 aromatic carbocycles. The first kappa shape index (κ1) is 11.2. The van der Waals surface area contributed by atoms with Gasteiger partial charge in [0.05, 0.1) is 11.0 Å². The largest absolute Gasteiger partial charge is 0.334 e. The summed E-state index contributed by atoms with van der Waals surface area (Å²) >= 11 is 0. The van der Waals surface area contributed by atoms with Gasteiger partial charge in [-0.25, -0.2) is 9.37 Å². The van der Waals surface area contributed by atoms with Gasteiger partial charge in [0.25, 0.3) is 5.91 Å². The molecule has 1 amide bonds. The molecule has 3 rings (SSSR count). The van der Waals surface area contributed by atoms with Crippen molar-refractivity contribution in [3.05, 3.63) is 29.8 Å². The summed E-state index contributed by atoms with van der Waals surface area (Å²) in [4.78, 5) is 21.0. The third-order valence-electron chi connectivity index (χ3n) is 3.05. The second-order valence-corrected chi connectivity index (χ2v) is 4.29. The van der Waals surface area contributed by atoms with Crippen LogP contribution in [0.4, 0.5) is 4.39 Å². The fraction of sp³-hybridized carbons (Fsp3) is 0.333. The highest BCUT2D eigenvalue weighted by Gasteiger charge is 2.20. The zero-order valence-electron chi connectivity index (χ0n) is 9.74. The van der Waals surface area contributed by atoms with E-state index >= 15 is 0 Å². The lowest BCUT2D eigenvalue weighted by Gasteiger charge is -2.26. The predicted molar refractivity (Wildman–Crippen MR) is 64.8 cm³/mol. The Kier molecular flexibility index (Phi) is 2.71. The minimum absolute atomic E-state index is 0.131. The van der Waals surface area contributed by atoms with Crippen LogP contribution in [0, 0.1) is 5.82 Å². The highest BCUT2D eigenvalue weighted by atomic mass is 19.1. The summed E-state index contributed by atoms with van der Waals surface area (Å²) < 4.78 is 13.1. The number of hydrogen-bond acceptors (Lipinski definition) is 3. The summed E-state index contributed by atoms with van der Waals surface area (Å²) in [5.41, 5.74) is 1.16. The van der Waals surface area contributed by atoms with Gasteiger partial charge in [0, 0.05) is 26.2 Å². The zero-order chi connectivity index (χ0) is 12.5. The molecule has 1 aliphatic rings. The number of H-pyrrole nitrogens is 1. The normalized spacial score (nSPS) is 16.2. The van der Waals surface area contributed by atoms with Gasteiger partial charge in [-0.15, -0.1) is 0 Å². The Bertz CT molecular complexity index is 589. The average Bonchev–Trinajstić information content (AvgIpc) is 2.81. The fourth-order valence-electron chi connectivity index (χ4n) is 2.10. The molecule has 0 spiro atoms. The molecule has 0 aliphatic carbocycles. The van der Waals surface area contributed by atoms with Gasteiger partial charge in [-0.05, 0) is 18.2 Å². The molecule has 1 aliphatic heterocycles. The maximum Gasteiger partial charge on any atom is 0.289 e. The molecule has 2 aromatic rings. The second-order valence-electron chi connectivity index (χ2n) is 4.29. The van der Waals surface area contributed by atoms with E-state index in [-0.39, 0.29) is 17.5 Å². The lowest BCUT2D eigenvalue weighted by molar-refractivity contribution is 0.0725. The van der Waals surface area contributed by atoms with E-state index in [0.717, 1.165) is 13.1 Å². The summed E-state index contributed by atoms with van der Waals surface area (Å²) in [7, 11) is 0. The number of imidazole rings is 1. The number of aromatic amines is 1. The SMILES string of the molecule is O=C(c1nc2ccc(F)cc2[nH]1)N1CCNCC1. The Morgan fingerprint density at radius 1 is 1.33 bits per heavy atom. The molecule has 94 valence electrons. The molecular formula is C12H13FN4O. The van der Waals surface area contributed by atoms with E-state index in [9.17, 15) is 9.18 Å². The van der Waals surface area contributed by atoms with Crippen molar-refractivity contribution < 1.29 is 9.18 Å². The van der Waals surface area contributed by atoms with Crippen LogP contribution in [0.1, 0.15) is 10.6 Å². The topological polar surface area (TPSA) is 61.0 Å². The molecule has 0 saturated carbocycles. The monoisotopic (exact) mass is 248 g/mol. The van der Waals surface area contributed by atoms with E-state index in [4.69, 9.17) is 0 Å². The summed E-state index contributed by atoms with van der Waals surface area (Å²) in [5, 5.41) is 3.18. The highest BCUT2D eigenvalue weighted by Crippen LogP contribution is 2.14. The minimum atomic E-state index is -0.340. The smallest absolute Gasteiger partial charge is 0.289 e. The van der Waals surface area contributed by atoms with Gasteiger partial charge < -0.3 is 15.2 Å². The third-order valence-corrected chi connectivity index (χ3v) is 3.05. The van der Waals surface area contributed by atoms with E-state index in [2.05, 4.69) is 15.3 Å². The molecule has 0 unspecified atom stereocenters. The second kappa shape index (κ2) is 4.38. The summed E-state index contributed by atoms with van der Waals surface area (Å²) in [5.74, 6) is -0.196. The van der Waals surface area contributed by atoms with E-state index < -0.39 is 0 Å². The van der Waals surface area contributed by atoms with Gasteiger partial charge in [-0.3, -0.25) is 4.79 Å². The van der Waals surface area contributed by atoms with Crippen molar-refractivity contribution in [1.82, 2.24) is 20.2 Å².